The van der Waals surface area contributed by atoms with Gasteiger partial charge in [-0.15, -0.1) is 11.3 Å². The Morgan fingerprint density at radius 3 is 2.11 bits per heavy atom. The molecule has 3 amide bonds. The second-order valence-electron chi connectivity index (χ2n) is 7.79. The molecule has 11 heteroatoms. The van der Waals surface area contributed by atoms with Crippen molar-refractivity contribution in [1.29, 1.82) is 0 Å². The van der Waals surface area contributed by atoms with Crippen LogP contribution in [0.2, 0.25) is 5.02 Å². The first-order chi connectivity index (χ1) is 16.8. The van der Waals surface area contributed by atoms with E-state index >= 15 is 0 Å². The first kappa shape index (κ1) is 24.9. The zero-order valence-corrected chi connectivity index (χ0v) is 20.9. The molecule has 2 heterocycles. The van der Waals surface area contributed by atoms with Crippen LogP contribution >= 0.6 is 22.9 Å². The Morgan fingerprint density at radius 1 is 0.857 bits per heavy atom. The highest BCUT2D eigenvalue weighted by Crippen LogP contribution is 2.21. The molecule has 1 saturated heterocycles. The molecule has 182 valence electrons. The standard InChI is InChI=1S/C24H22ClN3O5S2/c25-19-10-5-4-9-18(19)23(30)27-12-14-28(15-13-27)24(31)22(26-21(29)20-11-6-16-34-20)35(32,33)17-7-2-1-3-8-17/h1-11,16,22H,12-15H2,(H,26,29)/t22-/m1/s1. The van der Waals surface area contributed by atoms with Gasteiger partial charge in [-0.2, -0.15) is 0 Å². The molecule has 0 saturated carbocycles. The molecule has 1 aliphatic heterocycles. The van der Waals surface area contributed by atoms with E-state index in [1.807, 2.05) is 0 Å². The minimum absolute atomic E-state index is 0.0719. The normalized spacial score (nSPS) is 14.9. The smallest absolute Gasteiger partial charge is 0.262 e. The van der Waals surface area contributed by atoms with Crippen LogP contribution in [-0.4, -0.2) is 67.5 Å². The van der Waals surface area contributed by atoms with E-state index in [4.69, 9.17) is 11.6 Å². The van der Waals surface area contributed by atoms with Crippen molar-refractivity contribution < 1.29 is 22.8 Å². The molecule has 35 heavy (non-hydrogen) atoms. The van der Waals surface area contributed by atoms with E-state index in [2.05, 4.69) is 5.32 Å². The largest absolute Gasteiger partial charge is 0.336 e. The molecular formula is C24H22ClN3O5S2. The molecule has 0 spiro atoms. The van der Waals surface area contributed by atoms with Crippen molar-refractivity contribution in [3.8, 4) is 0 Å². The molecule has 1 aliphatic rings. The van der Waals surface area contributed by atoms with E-state index in [-0.39, 0.29) is 37.0 Å². The van der Waals surface area contributed by atoms with Crippen molar-refractivity contribution in [2.45, 2.75) is 10.3 Å². The summed E-state index contributed by atoms with van der Waals surface area (Å²) in [6, 6.07) is 17.4. The number of nitrogens with one attached hydrogen (secondary N) is 1. The summed E-state index contributed by atoms with van der Waals surface area (Å²) < 4.78 is 26.8. The fourth-order valence-corrected chi connectivity index (χ4v) is 6.05. The highest BCUT2D eigenvalue weighted by molar-refractivity contribution is 7.92. The van der Waals surface area contributed by atoms with Crippen LogP contribution in [0.5, 0.6) is 0 Å². The minimum atomic E-state index is -4.23. The van der Waals surface area contributed by atoms with Crippen molar-refractivity contribution in [3.05, 3.63) is 87.6 Å². The highest BCUT2D eigenvalue weighted by atomic mass is 35.5. The van der Waals surface area contributed by atoms with Gasteiger partial charge in [-0.25, -0.2) is 8.42 Å². The highest BCUT2D eigenvalue weighted by Gasteiger charge is 2.39. The van der Waals surface area contributed by atoms with Crippen molar-refractivity contribution in [1.82, 2.24) is 15.1 Å². The molecule has 1 N–H and O–H groups in total. The number of thiophene rings is 1. The summed E-state index contributed by atoms with van der Waals surface area (Å²) >= 11 is 7.28. The average Bonchev–Trinajstić information content (AvgIpc) is 3.42. The Morgan fingerprint density at radius 2 is 1.49 bits per heavy atom. The van der Waals surface area contributed by atoms with Gasteiger partial charge in [-0.1, -0.05) is 48.0 Å². The topological polar surface area (TPSA) is 104 Å². The number of hydrogen-bond donors (Lipinski definition) is 1. The molecule has 0 aliphatic carbocycles. The third-order valence-corrected chi connectivity index (χ3v) is 8.66. The molecular weight excluding hydrogens is 510 g/mol. The van der Waals surface area contributed by atoms with Crippen LogP contribution in [0.3, 0.4) is 0 Å². The molecule has 1 atom stereocenters. The van der Waals surface area contributed by atoms with Gasteiger partial charge in [0.25, 0.3) is 17.7 Å². The van der Waals surface area contributed by atoms with E-state index in [9.17, 15) is 22.8 Å². The van der Waals surface area contributed by atoms with Crippen molar-refractivity contribution in [2.24, 2.45) is 0 Å². The second-order valence-corrected chi connectivity index (χ2v) is 11.2. The Hall–Kier alpha value is -3.21. The summed E-state index contributed by atoms with van der Waals surface area (Å²) in [5.74, 6) is -1.66. The Bertz CT molecular complexity index is 1320. The van der Waals surface area contributed by atoms with E-state index in [1.165, 1.54) is 17.0 Å². The molecule has 1 fully saturated rings. The van der Waals surface area contributed by atoms with Gasteiger partial charge < -0.3 is 15.1 Å². The fraction of sp³-hybridized carbons (Fsp3) is 0.208. The number of sulfone groups is 1. The number of rotatable bonds is 6. The first-order valence-corrected chi connectivity index (χ1v) is 13.6. The fourth-order valence-electron chi connectivity index (χ4n) is 3.72. The van der Waals surface area contributed by atoms with Gasteiger partial charge >= 0.3 is 0 Å². The molecule has 3 aromatic rings. The summed E-state index contributed by atoms with van der Waals surface area (Å²) in [5, 5.41) is 2.64. The lowest BCUT2D eigenvalue weighted by Gasteiger charge is -2.36. The Labute approximate surface area is 212 Å². The molecule has 4 rings (SSSR count). The zero-order valence-electron chi connectivity index (χ0n) is 18.5. The number of piperazine rings is 1. The second kappa shape index (κ2) is 10.6. The lowest BCUT2D eigenvalue weighted by Crippen LogP contribution is -2.57. The predicted octanol–water partition coefficient (Wildman–Crippen LogP) is 2.92. The van der Waals surface area contributed by atoms with Crippen LogP contribution in [0.1, 0.15) is 20.0 Å². The number of carbonyl (C=O) groups excluding carboxylic acids is 3. The monoisotopic (exact) mass is 531 g/mol. The van der Waals surface area contributed by atoms with E-state index in [0.29, 0.717) is 15.5 Å². The van der Waals surface area contributed by atoms with Crippen molar-refractivity contribution in [3.63, 3.8) is 0 Å². The van der Waals surface area contributed by atoms with Gasteiger partial charge in [0.05, 0.1) is 20.4 Å². The number of hydrogen-bond acceptors (Lipinski definition) is 6. The van der Waals surface area contributed by atoms with Gasteiger partial charge in [-0.3, -0.25) is 14.4 Å². The van der Waals surface area contributed by atoms with Gasteiger partial charge in [-0.05, 0) is 35.7 Å². The molecule has 8 nitrogen and oxygen atoms in total. The number of benzene rings is 2. The number of amides is 3. The van der Waals surface area contributed by atoms with Gasteiger partial charge in [0, 0.05) is 26.2 Å². The SMILES string of the molecule is O=C(N[C@@H](C(=O)N1CCN(C(=O)c2ccccc2Cl)CC1)S(=O)(=O)c1ccccc1)c1cccs1. The van der Waals surface area contributed by atoms with Crippen LogP contribution in [-0.2, 0) is 14.6 Å². The number of carbonyl (C=O) groups is 3. The van der Waals surface area contributed by atoms with Crippen LogP contribution in [0.25, 0.3) is 0 Å². The summed E-state index contributed by atoms with van der Waals surface area (Å²) in [6.45, 7) is 0.634. The summed E-state index contributed by atoms with van der Waals surface area (Å²) in [4.78, 5) is 42.1. The van der Waals surface area contributed by atoms with E-state index in [0.717, 1.165) is 11.3 Å². The van der Waals surface area contributed by atoms with Crippen molar-refractivity contribution >= 4 is 50.5 Å². The Kier molecular flexibility index (Phi) is 7.54. The molecule has 0 unspecified atom stereocenters. The summed E-state index contributed by atoms with van der Waals surface area (Å²) in [5.41, 5.74) is 0.363. The third-order valence-electron chi connectivity index (χ3n) is 5.60. The molecule has 1 aromatic heterocycles. The van der Waals surface area contributed by atoms with Crippen LogP contribution in [0.15, 0.2) is 77.0 Å². The van der Waals surface area contributed by atoms with Gasteiger partial charge in [0.1, 0.15) is 0 Å². The van der Waals surface area contributed by atoms with E-state index < -0.39 is 27.0 Å². The third kappa shape index (κ3) is 5.39. The van der Waals surface area contributed by atoms with Gasteiger partial charge in [0.2, 0.25) is 15.2 Å². The average molecular weight is 532 g/mol. The lowest BCUT2D eigenvalue weighted by molar-refractivity contribution is -0.132. The maximum absolute atomic E-state index is 13.4. The summed E-state index contributed by atoms with van der Waals surface area (Å²) in [6.07, 6.45) is 0. The van der Waals surface area contributed by atoms with Crippen molar-refractivity contribution in [2.75, 3.05) is 26.2 Å². The first-order valence-electron chi connectivity index (χ1n) is 10.7. The van der Waals surface area contributed by atoms with Crippen LogP contribution in [0.4, 0.5) is 0 Å². The minimum Gasteiger partial charge on any atom is -0.336 e. The predicted molar refractivity (Wildman–Crippen MR) is 133 cm³/mol. The molecule has 2 aromatic carbocycles. The van der Waals surface area contributed by atoms with Gasteiger partial charge in [0.15, 0.2) is 0 Å². The number of nitrogens with zero attached hydrogens (tertiary/aromatic N) is 2. The van der Waals surface area contributed by atoms with Crippen LogP contribution in [0, 0.1) is 0 Å². The molecule has 0 radical (unpaired) electrons. The lowest BCUT2D eigenvalue weighted by atomic mass is 10.2. The quantitative estimate of drug-likeness (QED) is 0.527. The number of halogens is 1. The summed E-state index contributed by atoms with van der Waals surface area (Å²) in [7, 11) is -4.23. The van der Waals surface area contributed by atoms with E-state index in [1.54, 1.807) is 64.9 Å². The maximum Gasteiger partial charge on any atom is 0.262 e. The van der Waals surface area contributed by atoms with Crippen LogP contribution < -0.4 is 5.32 Å². The zero-order chi connectivity index (χ0) is 25.0. The molecule has 0 bridgehead atoms. The Balaban J connectivity index is 1.53. The maximum atomic E-state index is 13.4.